The Labute approximate surface area is 150 Å². The molecule has 130 valence electrons. The number of esters is 1. The maximum absolute atomic E-state index is 12.7. The lowest BCUT2D eigenvalue weighted by Gasteiger charge is -2.08. The molecule has 3 aromatic rings. The number of nitrogens with zero attached hydrogens (tertiary/aromatic N) is 1. The Morgan fingerprint density at radius 2 is 1.96 bits per heavy atom. The van der Waals surface area contributed by atoms with Gasteiger partial charge in [0.1, 0.15) is 11.5 Å². The van der Waals surface area contributed by atoms with Gasteiger partial charge in [-0.05, 0) is 31.2 Å². The first-order valence-electron chi connectivity index (χ1n) is 8.26. The second-order valence-electron chi connectivity index (χ2n) is 6.31. The van der Waals surface area contributed by atoms with Crippen LogP contribution in [0.4, 0.5) is 0 Å². The highest BCUT2D eigenvalue weighted by atomic mass is 16.5. The minimum Gasteiger partial charge on any atom is -0.452 e. The number of benzene rings is 2. The molecule has 26 heavy (non-hydrogen) atoms. The normalized spacial score (nSPS) is 14.6. The molecule has 1 aliphatic heterocycles. The van der Waals surface area contributed by atoms with E-state index in [2.05, 4.69) is 0 Å². The number of rotatable bonds is 2. The second-order valence-corrected chi connectivity index (χ2v) is 6.31. The second kappa shape index (κ2) is 5.88. The molecule has 4 rings (SSSR count). The number of ketones is 1. The fraction of sp³-hybridized carbons (Fsp3) is 0.143. The van der Waals surface area contributed by atoms with Crippen LogP contribution in [0.5, 0.6) is 11.5 Å². The number of hydrogen-bond donors (Lipinski definition) is 0. The monoisotopic (exact) mass is 347 g/mol. The summed E-state index contributed by atoms with van der Waals surface area (Å²) in [6, 6.07) is 11.2. The van der Waals surface area contributed by atoms with Gasteiger partial charge in [0.05, 0.1) is 5.56 Å². The number of ether oxygens (including phenoxy) is 2. The molecule has 5 heteroatoms. The molecule has 0 fully saturated rings. The molecule has 1 aromatic heterocycles. The first kappa shape index (κ1) is 16.1. The largest absolute Gasteiger partial charge is 0.452 e. The summed E-state index contributed by atoms with van der Waals surface area (Å²) >= 11 is 0. The maximum Gasteiger partial charge on any atom is 0.308 e. The van der Waals surface area contributed by atoms with Crippen LogP contribution < -0.4 is 9.47 Å². The third kappa shape index (κ3) is 2.49. The van der Waals surface area contributed by atoms with Gasteiger partial charge in [0.25, 0.3) is 0 Å². The van der Waals surface area contributed by atoms with Crippen LogP contribution in [0.3, 0.4) is 0 Å². The van der Waals surface area contributed by atoms with Crippen molar-refractivity contribution in [2.45, 2.75) is 13.8 Å². The molecular formula is C21H17NO4. The summed E-state index contributed by atoms with van der Waals surface area (Å²) in [5.41, 5.74) is 3.10. The van der Waals surface area contributed by atoms with Crippen LogP contribution in [-0.2, 0) is 11.8 Å². The molecule has 0 saturated heterocycles. The van der Waals surface area contributed by atoms with E-state index in [-0.39, 0.29) is 11.5 Å². The van der Waals surface area contributed by atoms with Crippen molar-refractivity contribution in [3.8, 4) is 11.5 Å². The molecule has 0 bridgehead atoms. The minimum atomic E-state index is -0.413. The van der Waals surface area contributed by atoms with Gasteiger partial charge in [-0.15, -0.1) is 0 Å². The SMILES string of the molecule is CC(=O)Oc1ccc2c(c1C)O/C(=C/c1cn(C)c3ccccc13)C2=O. The molecule has 0 aliphatic carbocycles. The fourth-order valence-corrected chi connectivity index (χ4v) is 3.26. The van der Waals surface area contributed by atoms with Crippen LogP contribution in [0.15, 0.2) is 48.4 Å². The van der Waals surface area contributed by atoms with Crippen molar-refractivity contribution >= 4 is 28.7 Å². The maximum atomic E-state index is 12.7. The van der Waals surface area contributed by atoms with Gasteiger partial charge in [0.15, 0.2) is 5.76 Å². The number of hydrogen-bond acceptors (Lipinski definition) is 4. The lowest BCUT2D eigenvalue weighted by atomic mass is 10.1. The van der Waals surface area contributed by atoms with E-state index >= 15 is 0 Å². The van der Waals surface area contributed by atoms with Gasteiger partial charge >= 0.3 is 5.97 Å². The van der Waals surface area contributed by atoms with Crippen LogP contribution in [0.25, 0.3) is 17.0 Å². The molecule has 0 atom stereocenters. The summed E-state index contributed by atoms with van der Waals surface area (Å²) in [5, 5.41) is 1.05. The smallest absolute Gasteiger partial charge is 0.308 e. The minimum absolute atomic E-state index is 0.176. The van der Waals surface area contributed by atoms with E-state index in [1.54, 1.807) is 25.1 Å². The van der Waals surface area contributed by atoms with Crippen LogP contribution in [0, 0.1) is 6.92 Å². The van der Waals surface area contributed by atoms with E-state index in [4.69, 9.17) is 9.47 Å². The molecular weight excluding hydrogens is 330 g/mol. The van der Waals surface area contributed by atoms with Gasteiger partial charge in [-0.2, -0.15) is 0 Å². The predicted molar refractivity (Wildman–Crippen MR) is 98.3 cm³/mol. The van der Waals surface area contributed by atoms with Gasteiger partial charge in [0, 0.05) is 42.2 Å². The molecule has 0 spiro atoms. The molecule has 1 aliphatic rings. The van der Waals surface area contributed by atoms with Crippen LogP contribution in [0.1, 0.15) is 28.4 Å². The number of aromatic nitrogens is 1. The van der Waals surface area contributed by atoms with Crippen molar-refractivity contribution in [1.82, 2.24) is 4.57 Å². The highest BCUT2D eigenvalue weighted by Gasteiger charge is 2.30. The summed E-state index contributed by atoms with van der Waals surface area (Å²) in [6.07, 6.45) is 3.73. The Kier molecular flexibility index (Phi) is 3.65. The lowest BCUT2D eigenvalue weighted by Crippen LogP contribution is -2.03. The van der Waals surface area contributed by atoms with E-state index in [9.17, 15) is 9.59 Å². The summed E-state index contributed by atoms with van der Waals surface area (Å²) in [5.74, 6) is 0.518. The van der Waals surface area contributed by atoms with Gasteiger partial charge in [-0.1, -0.05) is 18.2 Å². The zero-order chi connectivity index (χ0) is 18.4. The molecule has 0 N–H and O–H groups in total. The Balaban J connectivity index is 1.77. The highest BCUT2D eigenvalue weighted by molar-refractivity contribution is 6.15. The average molecular weight is 347 g/mol. The molecule has 0 radical (unpaired) electrons. The Bertz CT molecular complexity index is 1100. The lowest BCUT2D eigenvalue weighted by molar-refractivity contribution is -0.131. The average Bonchev–Trinajstić information content (AvgIpc) is 3.10. The number of para-hydroxylation sites is 1. The quantitative estimate of drug-likeness (QED) is 0.399. The summed E-state index contributed by atoms with van der Waals surface area (Å²) in [7, 11) is 1.96. The van der Waals surface area contributed by atoms with E-state index in [1.165, 1.54) is 6.92 Å². The van der Waals surface area contributed by atoms with Gasteiger partial charge in [0.2, 0.25) is 5.78 Å². The third-order valence-electron chi connectivity index (χ3n) is 4.50. The van der Waals surface area contributed by atoms with Crippen molar-refractivity contribution in [2.75, 3.05) is 0 Å². The number of carbonyl (C=O) groups excluding carboxylic acids is 2. The first-order valence-corrected chi connectivity index (χ1v) is 8.26. The van der Waals surface area contributed by atoms with E-state index in [0.29, 0.717) is 22.6 Å². The van der Waals surface area contributed by atoms with Gasteiger partial charge in [-0.3, -0.25) is 9.59 Å². The predicted octanol–water partition coefficient (Wildman–Crippen LogP) is 4.03. The van der Waals surface area contributed by atoms with Crippen molar-refractivity contribution in [2.24, 2.45) is 7.05 Å². The number of allylic oxidation sites excluding steroid dienone is 1. The molecule has 0 saturated carbocycles. The number of carbonyl (C=O) groups is 2. The molecule has 0 amide bonds. The highest BCUT2D eigenvalue weighted by Crippen LogP contribution is 2.39. The van der Waals surface area contributed by atoms with Crippen molar-refractivity contribution < 1.29 is 19.1 Å². The van der Waals surface area contributed by atoms with Gasteiger partial charge in [-0.25, -0.2) is 0 Å². The van der Waals surface area contributed by atoms with Gasteiger partial charge < -0.3 is 14.0 Å². The Morgan fingerprint density at radius 3 is 2.73 bits per heavy atom. The molecule has 0 unspecified atom stereocenters. The third-order valence-corrected chi connectivity index (χ3v) is 4.50. The van der Waals surface area contributed by atoms with Crippen LogP contribution in [-0.4, -0.2) is 16.3 Å². The number of Topliss-reactive ketones (excluding diaryl/α,β-unsaturated/α-hetero) is 1. The first-order chi connectivity index (χ1) is 12.5. The van der Waals surface area contributed by atoms with E-state index in [1.807, 2.05) is 42.1 Å². The van der Waals surface area contributed by atoms with Crippen molar-refractivity contribution in [3.63, 3.8) is 0 Å². The van der Waals surface area contributed by atoms with Crippen molar-refractivity contribution in [3.05, 3.63) is 65.0 Å². The fourth-order valence-electron chi connectivity index (χ4n) is 3.26. The summed E-state index contributed by atoms with van der Waals surface area (Å²) in [6.45, 7) is 3.11. The Hall–Kier alpha value is -3.34. The zero-order valence-electron chi connectivity index (χ0n) is 14.7. The van der Waals surface area contributed by atoms with Crippen LogP contribution in [0.2, 0.25) is 0 Å². The Morgan fingerprint density at radius 1 is 1.19 bits per heavy atom. The van der Waals surface area contributed by atoms with Crippen molar-refractivity contribution in [1.29, 1.82) is 0 Å². The number of aryl methyl sites for hydroxylation is 1. The number of fused-ring (bicyclic) bond motifs is 2. The van der Waals surface area contributed by atoms with E-state index in [0.717, 1.165) is 16.5 Å². The van der Waals surface area contributed by atoms with Crippen LogP contribution >= 0.6 is 0 Å². The molecule has 2 aromatic carbocycles. The molecule has 2 heterocycles. The molecule has 5 nitrogen and oxygen atoms in total. The topological polar surface area (TPSA) is 57.5 Å². The zero-order valence-corrected chi connectivity index (χ0v) is 14.7. The van der Waals surface area contributed by atoms with E-state index < -0.39 is 5.97 Å². The standard InChI is InChI=1S/C21H17NO4/c1-12-18(25-13(2)23)9-8-16-20(24)19(26-21(12)16)10-14-11-22(3)17-7-5-4-6-15(14)17/h4-11H,1-3H3/b19-10+. The summed E-state index contributed by atoms with van der Waals surface area (Å²) in [4.78, 5) is 23.9. The summed E-state index contributed by atoms with van der Waals surface area (Å²) < 4.78 is 13.0.